The molecule has 1 saturated carbocycles. The third-order valence-electron chi connectivity index (χ3n) is 8.00. The van der Waals surface area contributed by atoms with Gasteiger partial charge in [-0.3, -0.25) is 9.59 Å². The number of benzene rings is 2. The van der Waals surface area contributed by atoms with Crippen LogP contribution in [-0.2, 0) is 16.0 Å². The molecule has 2 aromatic carbocycles. The van der Waals surface area contributed by atoms with E-state index in [0.717, 1.165) is 12.3 Å². The van der Waals surface area contributed by atoms with Gasteiger partial charge in [0.05, 0.1) is 5.41 Å². The van der Waals surface area contributed by atoms with E-state index in [1.807, 2.05) is 4.90 Å². The largest absolute Gasteiger partial charge is 0.359 e. The first-order valence-corrected chi connectivity index (χ1v) is 12.7. The van der Waals surface area contributed by atoms with Gasteiger partial charge in [-0.05, 0) is 60.8 Å². The van der Waals surface area contributed by atoms with Crippen LogP contribution in [0.25, 0.3) is 11.1 Å². The lowest BCUT2D eigenvalue weighted by Crippen LogP contribution is -2.50. The van der Waals surface area contributed by atoms with E-state index < -0.39 is 5.41 Å². The van der Waals surface area contributed by atoms with Crippen LogP contribution in [0.1, 0.15) is 62.5 Å². The van der Waals surface area contributed by atoms with Crippen LogP contribution in [0.15, 0.2) is 48.5 Å². The van der Waals surface area contributed by atoms with Crippen molar-refractivity contribution in [1.82, 2.24) is 10.2 Å². The Morgan fingerprint density at radius 2 is 1.61 bits per heavy atom. The summed E-state index contributed by atoms with van der Waals surface area (Å²) in [4.78, 5) is 28.0. The van der Waals surface area contributed by atoms with E-state index in [1.165, 1.54) is 47.9 Å². The Balaban J connectivity index is 1.48. The third kappa shape index (κ3) is 5.31. The lowest BCUT2D eigenvalue weighted by molar-refractivity contribution is -0.140. The predicted octanol–water partition coefficient (Wildman–Crippen LogP) is 5.53. The quantitative estimate of drug-likeness (QED) is 0.608. The fourth-order valence-electron chi connectivity index (χ4n) is 5.90. The number of carbonyl (C=O) groups excluding carboxylic acids is 2. The maximum absolute atomic E-state index is 13.2. The van der Waals surface area contributed by atoms with E-state index in [0.29, 0.717) is 38.8 Å². The van der Waals surface area contributed by atoms with E-state index in [-0.39, 0.29) is 11.8 Å². The molecule has 1 N–H and O–H groups in total. The van der Waals surface area contributed by atoms with Crippen LogP contribution in [0.5, 0.6) is 0 Å². The van der Waals surface area contributed by atoms with Crippen molar-refractivity contribution in [3.63, 3.8) is 0 Å². The number of likely N-dealkylation sites (tertiary alicyclic amines) is 1. The van der Waals surface area contributed by atoms with Crippen molar-refractivity contribution in [2.75, 3.05) is 20.1 Å². The van der Waals surface area contributed by atoms with E-state index in [1.54, 1.807) is 7.05 Å². The highest BCUT2D eigenvalue weighted by Crippen LogP contribution is 2.39. The van der Waals surface area contributed by atoms with E-state index in [2.05, 4.69) is 60.8 Å². The minimum absolute atomic E-state index is 0.0974. The minimum atomic E-state index is -0.476. The van der Waals surface area contributed by atoms with Gasteiger partial charge in [-0.25, -0.2) is 0 Å². The Hall–Kier alpha value is -2.62. The molecule has 0 atom stereocenters. The van der Waals surface area contributed by atoms with Gasteiger partial charge in [0.2, 0.25) is 11.8 Å². The van der Waals surface area contributed by atoms with Crippen LogP contribution in [-0.4, -0.2) is 36.9 Å². The summed E-state index contributed by atoms with van der Waals surface area (Å²) in [6, 6.07) is 16.9. The molecule has 0 spiro atoms. The molecule has 1 heterocycles. The van der Waals surface area contributed by atoms with Gasteiger partial charge < -0.3 is 10.2 Å². The molecule has 4 nitrogen and oxygen atoms in total. The Morgan fingerprint density at radius 1 is 0.970 bits per heavy atom. The zero-order chi connectivity index (χ0) is 23.3. The summed E-state index contributed by atoms with van der Waals surface area (Å²) in [7, 11) is 1.73. The van der Waals surface area contributed by atoms with Gasteiger partial charge in [-0.1, -0.05) is 74.2 Å². The van der Waals surface area contributed by atoms with Crippen LogP contribution in [0, 0.1) is 18.3 Å². The molecule has 2 amide bonds. The molecule has 1 aliphatic carbocycles. The van der Waals surface area contributed by atoms with Crippen molar-refractivity contribution < 1.29 is 9.59 Å². The molecule has 2 aliphatic rings. The summed E-state index contributed by atoms with van der Waals surface area (Å²) in [5, 5.41) is 2.93. The molecule has 2 fully saturated rings. The monoisotopic (exact) mass is 446 g/mol. The van der Waals surface area contributed by atoms with Gasteiger partial charge in [-0.15, -0.1) is 0 Å². The average molecular weight is 447 g/mol. The second kappa shape index (κ2) is 10.5. The van der Waals surface area contributed by atoms with E-state index in [4.69, 9.17) is 0 Å². The zero-order valence-corrected chi connectivity index (χ0v) is 20.2. The molecule has 0 unspecified atom stereocenters. The topological polar surface area (TPSA) is 49.4 Å². The van der Waals surface area contributed by atoms with Crippen molar-refractivity contribution in [2.24, 2.45) is 11.3 Å². The van der Waals surface area contributed by atoms with Gasteiger partial charge in [0, 0.05) is 26.6 Å². The Bertz CT molecular complexity index is 969. The number of amides is 2. The first kappa shape index (κ1) is 23.5. The summed E-state index contributed by atoms with van der Waals surface area (Å²) in [5.74, 6) is 1.11. The molecule has 4 heteroatoms. The molecular formula is C29H38N2O2. The summed E-state index contributed by atoms with van der Waals surface area (Å²) in [6.45, 7) is 3.48. The fraction of sp³-hybridized carbons (Fsp3) is 0.517. The van der Waals surface area contributed by atoms with Crippen LogP contribution >= 0.6 is 0 Å². The van der Waals surface area contributed by atoms with Crippen molar-refractivity contribution in [2.45, 2.75) is 64.7 Å². The first-order chi connectivity index (χ1) is 16.0. The number of hydrogen-bond donors (Lipinski definition) is 1. The number of nitrogens with one attached hydrogen (secondary N) is 1. The Kier molecular flexibility index (Phi) is 7.52. The number of rotatable bonds is 7. The van der Waals surface area contributed by atoms with Crippen molar-refractivity contribution in [3.8, 4) is 11.1 Å². The second-order valence-corrected chi connectivity index (χ2v) is 10.1. The van der Waals surface area contributed by atoms with Gasteiger partial charge >= 0.3 is 0 Å². The van der Waals surface area contributed by atoms with E-state index >= 15 is 0 Å². The molecule has 0 bridgehead atoms. The summed E-state index contributed by atoms with van der Waals surface area (Å²) in [6.07, 6.45) is 9.02. The predicted molar refractivity (Wildman–Crippen MR) is 134 cm³/mol. The van der Waals surface area contributed by atoms with Crippen LogP contribution in [0.4, 0.5) is 0 Å². The highest BCUT2D eigenvalue weighted by molar-refractivity contribution is 5.84. The molecule has 2 aromatic rings. The van der Waals surface area contributed by atoms with Gasteiger partial charge in [0.1, 0.15) is 0 Å². The molecular weight excluding hydrogens is 408 g/mol. The second-order valence-electron chi connectivity index (χ2n) is 10.1. The normalized spacial score (nSPS) is 18.3. The van der Waals surface area contributed by atoms with Crippen LogP contribution < -0.4 is 5.32 Å². The highest BCUT2D eigenvalue weighted by Gasteiger charge is 2.42. The fourth-order valence-corrected chi connectivity index (χ4v) is 5.90. The molecule has 1 aliphatic heterocycles. The number of nitrogens with zero attached hydrogens (tertiary/aromatic N) is 1. The molecule has 4 rings (SSSR count). The molecule has 176 valence electrons. The van der Waals surface area contributed by atoms with Gasteiger partial charge in [-0.2, -0.15) is 0 Å². The first-order valence-electron chi connectivity index (χ1n) is 12.7. The summed E-state index contributed by atoms with van der Waals surface area (Å²) >= 11 is 0. The maximum Gasteiger partial charge on any atom is 0.226 e. The molecule has 0 radical (unpaired) electrons. The number of hydrogen-bond acceptors (Lipinski definition) is 2. The number of aryl methyl sites for hydroxylation is 1. The van der Waals surface area contributed by atoms with Crippen molar-refractivity contribution in [1.29, 1.82) is 0 Å². The Labute approximate surface area is 198 Å². The third-order valence-corrected chi connectivity index (χ3v) is 8.00. The summed E-state index contributed by atoms with van der Waals surface area (Å²) in [5.41, 5.74) is 4.39. The van der Waals surface area contributed by atoms with Crippen molar-refractivity contribution in [3.05, 3.63) is 59.7 Å². The number of piperidine rings is 1. The van der Waals surface area contributed by atoms with Crippen molar-refractivity contribution >= 4 is 11.8 Å². The van der Waals surface area contributed by atoms with Crippen LogP contribution in [0.2, 0.25) is 0 Å². The average Bonchev–Trinajstić information content (AvgIpc) is 3.37. The molecule has 1 saturated heterocycles. The van der Waals surface area contributed by atoms with Crippen LogP contribution in [0.3, 0.4) is 0 Å². The zero-order valence-electron chi connectivity index (χ0n) is 20.2. The molecule has 0 aromatic heterocycles. The minimum Gasteiger partial charge on any atom is -0.359 e. The number of carbonyl (C=O) groups is 2. The van der Waals surface area contributed by atoms with E-state index in [9.17, 15) is 9.59 Å². The SMILES string of the molecule is CNC(=O)C1(Cc2ccccc2-c2ccccc2C)CCN(C(=O)CCC2CCCC2)CC1. The standard InChI is InChI=1S/C29H38N2O2/c1-22-9-3-7-13-25(22)26-14-8-6-12-24(26)21-29(28(33)30-2)17-19-31(20-18-29)27(32)16-15-23-10-4-5-11-23/h3,6-9,12-14,23H,4-5,10-11,15-21H2,1-2H3,(H,30,33). The lowest BCUT2D eigenvalue weighted by Gasteiger charge is -2.41. The lowest BCUT2D eigenvalue weighted by atomic mass is 9.71. The van der Waals surface area contributed by atoms with Gasteiger partial charge in [0.15, 0.2) is 0 Å². The van der Waals surface area contributed by atoms with Gasteiger partial charge in [0.25, 0.3) is 0 Å². The summed E-state index contributed by atoms with van der Waals surface area (Å²) < 4.78 is 0. The Morgan fingerprint density at radius 3 is 2.27 bits per heavy atom. The smallest absolute Gasteiger partial charge is 0.226 e. The maximum atomic E-state index is 13.2. The molecule has 33 heavy (non-hydrogen) atoms. The highest BCUT2D eigenvalue weighted by atomic mass is 16.2.